The van der Waals surface area contributed by atoms with Gasteiger partial charge >= 0.3 is 5.97 Å². The Kier molecular flexibility index (Phi) is 4.26. The largest absolute Gasteiger partial charge is 0.480 e. The van der Waals surface area contributed by atoms with Crippen LogP contribution in [-0.4, -0.2) is 42.5 Å². The summed E-state index contributed by atoms with van der Waals surface area (Å²) in [6.07, 6.45) is 2.04. The Balaban J connectivity index is 3.97. The van der Waals surface area contributed by atoms with Crippen molar-refractivity contribution in [2.24, 2.45) is 4.99 Å². The number of nitrogens with zero attached hydrogens (tertiary/aromatic N) is 2. The number of rotatable bonds is 4. The summed E-state index contributed by atoms with van der Waals surface area (Å²) in [6.45, 7) is 1.80. The fourth-order valence-corrected chi connectivity index (χ4v) is 0.558. The quantitative estimate of drug-likeness (QED) is 0.477. The second kappa shape index (κ2) is 4.71. The average Bonchev–Trinajstić information content (AvgIpc) is 1.87. The second-order valence-corrected chi connectivity index (χ2v) is 2.49. The van der Waals surface area contributed by atoms with Crippen molar-refractivity contribution in [2.45, 2.75) is 19.4 Å². The van der Waals surface area contributed by atoms with Crippen LogP contribution in [0.5, 0.6) is 0 Å². The minimum Gasteiger partial charge on any atom is -0.480 e. The molecule has 4 heteroatoms. The summed E-state index contributed by atoms with van der Waals surface area (Å²) < 4.78 is 0. The van der Waals surface area contributed by atoms with Gasteiger partial charge in [-0.2, -0.15) is 0 Å². The highest BCUT2D eigenvalue weighted by atomic mass is 16.4. The Hall–Kier alpha value is -1.06. The van der Waals surface area contributed by atoms with E-state index in [0.29, 0.717) is 6.42 Å². The number of aliphatic imine (C=N–C) groups is 1. The van der Waals surface area contributed by atoms with E-state index in [1.165, 1.54) is 6.34 Å². The van der Waals surface area contributed by atoms with Crippen molar-refractivity contribution in [3.63, 3.8) is 0 Å². The molecule has 0 aromatic carbocycles. The van der Waals surface area contributed by atoms with Gasteiger partial charge in [0.15, 0.2) is 0 Å². The minimum atomic E-state index is -0.870. The van der Waals surface area contributed by atoms with E-state index in [9.17, 15) is 4.79 Å². The Morgan fingerprint density at radius 3 is 2.55 bits per heavy atom. The number of hydrogen-bond donors (Lipinski definition) is 1. The van der Waals surface area contributed by atoms with Crippen LogP contribution in [0.1, 0.15) is 13.3 Å². The van der Waals surface area contributed by atoms with Crippen LogP contribution in [0.4, 0.5) is 0 Å². The van der Waals surface area contributed by atoms with E-state index in [4.69, 9.17) is 5.11 Å². The molecule has 0 fully saturated rings. The van der Waals surface area contributed by atoms with Crippen molar-refractivity contribution in [1.29, 1.82) is 0 Å². The maximum Gasteiger partial charge on any atom is 0.328 e. The highest BCUT2D eigenvalue weighted by molar-refractivity contribution is 5.75. The van der Waals surface area contributed by atoms with Crippen molar-refractivity contribution in [3.05, 3.63) is 0 Å². The third kappa shape index (κ3) is 4.36. The van der Waals surface area contributed by atoms with Crippen LogP contribution in [0.25, 0.3) is 0 Å². The zero-order valence-electron chi connectivity index (χ0n) is 7.11. The van der Waals surface area contributed by atoms with Crippen LogP contribution in [0.15, 0.2) is 4.99 Å². The lowest BCUT2D eigenvalue weighted by Crippen LogP contribution is -2.19. The Morgan fingerprint density at radius 1 is 1.73 bits per heavy atom. The van der Waals surface area contributed by atoms with Crippen LogP contribution in [0, 0.1) is 0 Å². The van der Waals surface area contributed by atoms with Gasteiger partial charge in [-0.15, -0.1) is 0 Å². The summed E-state index contributed by atoms with van der Waals surface area (Å²) in [7, 11) is 3.61. The zero-order valence-corrected chi connectivity index (χ0v) is 7.11. The van der Waals surface area contributed by atoms with Crippen LogP contribution < -0.4 is 0 Å². The van der Waals surface area contributed by atoms with E-state index in [2.05, 4.69) is 4.99 Å². The second-order valence-electron chi connectivity index (χ2n) is 2.49. The first-order valence-electron chi connectivity index (χ1n) is 3.50. The number of hydrogen-bond acceptors (Lipinski definition) is 2. The summed E-state index contributed by atoms with van der Waals surface area (Å²) in [6, 6.07) is -0.600. The molecule has 0 aliphatic rings. The predicted molar refractivity (Wildman–Crippen MR) is 43.9 cm³/mol. The summed E-state index contributed by atoms with van der Waals surface area (Å²) in [5.74, 6) is -0.870. The van der Waals surface area contributed by atoms with Crippen LogP contribution >= 0.6 is 0 Å². The van der Waals surface area contributed by atoms with Gasteiger partial charge in [0.25, 0.3) is 0 Å². The molecule has 0 saturated carbocycles. The SMILES string of the molecule is CCC(/N=C/N(C)C)C(=O)O. The average molecular weight is 158 g/mol. The minimum absolute atomic E-state index is 0.527. The molecule has 0 amide bonds. The number of carboxylic acid groups (broad SMARTS) is 1. The Morgan fingerprint density at radius 2 is 2.27 bits per heavy atom. The van der Waals surface area contributed by atoms with E-state index in [-0.39, 0.29) is 0 Å². The van der Waals surface area contributed by atoms with Crippen LogP contribution in [0.3, 0.4) is 0 Å². The molecule has 1 unspecified atom stereocenters. The molecular weight excluding hydrogens is 144 g/mol. The fourth-order valence-electron chi connectivity index (χ4n) is 0.558. The first-order valence-corrected chi connectivity index (χ1v) is 3.50. The van der Waals surface area contributed by atoms with E-state index >= 15 is 0 Å². The van der Waals surface area contributed by atoms with Gasteiger partial charge in [-0.25, -0.2) is 4.79 Å². The van der Waals surface area contributed by atoms with Gasteiger partial charge < -0.3 is 10.0 Å². The molecule has 0 aromatic rings. The molecule has 0 aromatic heterocycles. The maximum atomic E-state index is 10.4. The van der Waals surface area contributed by atoms with E-state index in [1.54, 1.807) is 25.9 Å². The van der Waals surface area contributed by atoms with E-state index in [1.807, 2.05) is 0 Å². The summed E-state index contributed by atoms with van der Waals surface area (Å²) in [5, 5.41) is 8.55. The summed E-state index contributed by atoms with van der Waals surface area (Å²) >= 11 is 0. The van der Waals surface area contributed by atoms with Crippen molar-refractivity contribution >= 4 is 12.3 Å². The fraction of sp³-hybridized carbons (Fsp3) is 0.714. The summed E-state index contributed by atoms with van der Waals surface area (Å²) in [4.78, 5) is 16.0. The lowest BCUT2D eigenvalue weighted by molar-refractivity contribution is -0.138. The molecule has 0 saturated heterocycles. The molecule has 0 spiro atoms. The molecule has 0 rings (SSSR count). The van der Waals surface area contributed by atoms with Gasteiger partial charge in [0.1, 0.15) is 6.04 Å². The number of aliphatic carboxylic acids is 1. The lowest BCUT2D eigenvalue weighted by Gasteiger charge is -2.06. The first-order chi connectivity index (χ1) is 5.07. The van der Waals surface area contributed by atoms with Gasteiger partial charge in [-0.1, -0.05) is 6.92 Å². The lowest BCUT2D eigenvalue weighted by atomic mass is 10.2. The first kappa shape index (κ1) is 9.94. The highest BCUT2D eigenvalue weighted by Crippen LogP contribution is 1.95. The van der Waals surface area contributed by atoms with Gasteiger partial charge in [-0.3, -0.25) is 4.99 Å². The maximum absolute atomic E-state index is 10.4. The number of carbonyl (C=O) groups is 1. The van der Waals surface area contributed by atoms with Gasteiger partial charge in [0.2, 0.25) is 0 Å². The predicted octanol–water partition coefficient (Wildman–Crippen LogP) is 0.439. The van der Waals surface area contributed by atoms with E-state index in [0.717, 1.165) is 0 Å². The molecule has 4 nitrogen and oxygen atoms in total. The van der Waals surface area contributed by atoms with Crippen molar-refractivity contribution in [3.8, 4) is 0 Å². The highest BCUT2D eigenvalue weighted by Gasteiger charge is 2.11. The molecule has 0 heterocycles. The molecule has 0 aliphatic heterocycles. The molecule has 1 N–H and O–H groups in total. The molecule has 0 bridgehead atoms. The third-order valence-corrected chi connectivity index (χ3v) is 1.15. The van der Waals surface area contributed by atoms with Gasteiger partial charge in [-0.05, 0) is 6.42 Å². The summed E-state index contributed by atoms with van der Waals surface area (Å²) in [5.41, 5.74) is 0. The third-order valence-electron chi connectivity index (χ3n) is 1.15. The molecule has 64 valence electrons. The smallest absolute Gasteiger partial charge is 0.328 e. The standard InChI is InChI=1S/C7H14N2O2/c1-4-6(7(10)11)8-5-9(2)3/h5-6H,4H2,1-3H3,(H,10,11)/b8-5+. The zero-order chi connectivity index (χ0) is 8.85. The monoisotopic (exact) mass is 158 g/mol. The Bertz CT molecular complexity index is 155. The molecular formula is C7H14N2O2. The van der Waals surface area contributed by atoms with Crippen LogP contribution in [0.2, 0.25) is 0 Å². The van der Waals surface area contributed by atoms with Gasteiger partial charge in [0, 0.05) is 14.1 Å². The topological polar surface area (TPSA) is 52.9 Å². The molecule has 0 aliphatic carbocycles. The number of carboxylic acids is 1. The van der Waals surface area contributed by atoms with Crippen molar-refractivity contribution in [1.82, 2.24) is 4.90 Å². The van der Waals surface area contributed by atoms with Crippen molar-refractivity contribution in [2.75, 3.05) is 14.1 Å². The molecule has 1 atom stereocenters. The van der Waals surface area contributed by atoms with Crippen LogP contribution in [-0.2, 0) is 4.79 Å². The normalized spacial score (nSPS) is 13.4. The van der Waals surface area contributed by atoms with Crippen molar-refractivity contribution < 1.29 is 9.90 Å². The van der Waals surface area contributed by atoms with E-state index < -0.39 is 12.0 Å². The molecule has 11 heavy (non-hydrogen) atoms. The van der Waals surface area contributed by atoms with Gasteiger partial charge in [0.05, 0.1) is 6.34 Å². The Labute approximate surface area is 66.5 Å². The molecule has 0 radical (unpaired) electrons.